The van der Waals surface area contributed by atoms with E-state index in [2.05, 4.69) is 15.2 Å². The van der Waals surface area contributed by atoms with Crippen molar-refractivity contribution in [2.75, 3.05) is 38.2 Å². The van der Waals surface area contributed by atoms with Crippen molar-refractivity contribution >= 4 is 17.6 Å². The number of cyclic esters (lactones) is 1. The van der Waals surface area contributed by atoms with Gasteiger partial charge in [0, 0.05) is 56.5 Å². The van der Waals surface area contributed by atoms with Crippen LogP contribution < -0.4 is 20.7 Å². The van der Waals surface area contributed by atoms with Crippen LogP contribution in [0.2, 0.25) is 0 Å². The second-order valence-corrected chi connectivity index (χ2v) is 9.06. The molecular weight excluding hydrogens is 422 g/mol. The number of esters is 1. The maximum absolute atomic E-state index is 12.7. The number of piperazine rings is 1. The summed E-state index contributed by atoms with van der Waals surface area (Å²) < 4.78 is 10.4. The third kappa shape index (κ3) is 4.19. The first kappa shape index (κ1) is 21.8. The summed E-state index contributed by atoms with van der Waals surface area (Å²) in [6, 6.07) is 7.54. The van der Waals surface area contributed by atoms with E-state index >= 15 is 0 Å². The fourth-order valence-corrected chi connectivity index (χ4v) is 5.25. The van der Waals surface area contributed by atoms with Gasteiger partial charge in [-0.2, -0.15) is 0 Å². The van der Waals surface area contributed by atoms with Gasteiger partial charge in [0.2, 0.25) is 11.8 Å². The van der Waals surface area contributed by atoms with Gasteiger partial charge in [0.1, 0.15) is 6.61 Å². The Labute approximate surface area is 192 Å². The molecule has 9 heteroatoms. The maximum atomic E-state index is 12.7. The molecule has 3 aliphatic rings. The molecule has 1 aromatic carbocycles. The van der Waals surface area contributed by atoms with Crippen LogP contribution in [0, 0.1) is 12.8 Å². The van der Waals surface area contributed by atoms with Crippen LogP contribution in [0.1, 0.15) is 39.5 Å². The van der Waals surface area contributed by atoms with Crippen LogP contribution in [0.15, 0.2) is 30.5 Å². The topological polar surface area (TPSA) is 110 Å². The normalized spacial score (nSPS) is 25.3. The van der Waals surface area contributed by atoms with Gasteiger partial charge in [-0.05, 0) is 36.1 Å². The van der Waals surface area contributed by atoms with E-state index in [9.17, 15) is 9.59 Å². The molecule has 33 heavy (non-hydrogen) atoms. The zero-order valence-electron chi connectivity index (χ0n) is 18.9. The first-order valence-corrected chi connectivity index (χ1v) is 11.3. The Morgan fingerprint density at radius 2 is 2.09 bits per heavy atom. The molecule has 0 spiro atoms. The lowest BCUT2D eigenvalue weighted by atomic mass is 9.92. The molecule has 1 amide bonds. The van der Waals surface area contributed by atoms with Crippen LogP contribution in [-0.2, 0) is 16.1 Å². The van der Waals surface area contributed by atoms with E-state index in [-0.39, 0.29) is 30.0 Å². The van der Waals surface area contributed by atoms with Crippen LogP contribution in [0.3, 0.4) is 0 Å². The SMILES string of the molecule is COc1cc(N2CC(CN3C[C@@H](c4ccc5c(c4C)COC5=O)N[C@@H](N)C3)CC2=O)ccn1. The zero-order valence-corrected chi connectivity index (χ0v) is 18.9. The minimum atomic E-state index is -0.253. The smallest absolute Gasteiger partial charge is 0.338 e. The van der Waals surface area contributed by atoms with Gasteiger partial charge in [-0.1, -0.05) is 6.07 Å². The molecule has 1 unspecified atom stereocenters. The zero-order chi connectivity index (χ0) is 23.1. The number of amides is 1. The van der Waals surface area contributed by atoms with Crippen molar-refractivity contribution in [2.45, 2.75) is 32.2 Å². The van der Waals surface area contributed by atoms with E-state index in [1.54, 1.807) is 19.4 Å². The number of anilines is 1. The minimum absolute atomic E-state index is 0.0485. The molecule has 4 heterocycles. The lowest BCUT2D eigenvalue weighted by molar-refractivity contribution is -0.117. The predicted molar refractivity (Wildman–Crippen MR) is 122 cm³/mol. The lowest BCUT2D eigenvalue weighted by Crippen LogP contribution is -2.57. The fourth-order valence-electron chi connectivity index (χ4n) is 5.25. The van der Waals surface area contributed by atoms with Crippen molar-refractivity contribution in [3.63, 3.8) is 0 Å². The van der Waals surface area contributed by atoms with Crippen molar-refractivity contribution in [3.8, 4) is 5.88 Å². The monoisotopic (exact) mass is 451 g/mol. The van der Waals surface area contributed by atoms with Crippen molar-refractivity contribution in [1.82, 2.24) is 15.2 Å². The van der Waals surface area contributed by atoms with Crippen LogP contribution in [0.25, 0.3) is 0 Å². The van der Waals surface area contributed by atoms with Crippen molar-refractivity contribution in [2.24, 2.45) is 11.7 Å². The molecule has 2 aromatic rings. The molecular formula is C24H29N5O4. The summed E-state index contributed by atoms with van der Waals surface area (Å²) in [6.45, 7) is 5.33. The van der Waals surface area contributed by atoms with Crippen LogP contribution >= 0.6 is 0 Å². The van der Waals surface area contributed by atoms with Crippen LogP contribution in [0.5, 0.6) is 5.88 Å². The maximum Gasteiger partial charge on any atom is 0.338 e. The first-order chi connectivity index (χ1) is 15.9. The van der Waals surface area contributed by atoms with E-state index < -0.39 is 0 Å². The first-order valence-electron chi connectivity index (χ1n) is 11.3. The van der Waals surface area contributed by atoms with E-state index in [1.807, 2.05) is 30.0 Å². The molecule has 174 valence electrons. The summed E-state index contributed by atoms with van der Waals surface area (Å²) in [5, 5.41) is 3.50. The molecule has 3 N–H and O–H groups in total. The molecule has 3 aliphatic heterocycles. The van der Waals surface area contributed by atoms with Gasteiger partial charge in [0.15, 0.2) is 0 Å². The number of nitrogens with one attached hydrogen (secondary N) is 1. The van der Waals surface area contributed by atoms with Crippen molar-refractivity contribution < 1.29 is 19.1 Å². The number of fused-ring (bicyclic) bond motifs is 1. The summed E-state index contributed by atoms with van der Waals surface area (Å²) in [5.74, 6) is 0.575. The van der Waals surface area contributed by atoms with Gasteiger partial charge in [-0.15, -0.1) is 0 Å². The van der Waals surface area contributed by atoms with Gasteiger partial charge in [0.05, 0.1) is 24.5 Å². The Balaban J connectivity index is 1.28. The lowest BCUT2D eigenvalue weighted by Gasteiger charge is -2.39. The number of hydrogen-bond donors (Lipinski definition) is 2. The second-order valence-electron chi connectivity index (χ2n) is 9.06. The number of aromatic nitrogens is 1. The quantitative estimate of drug-likeness (QED) is 0.656. The minimum Gasteiger partial charge on any atom is -0.481 e. The molecule has 3 atom stereocenters. The molecule has 5 rings (SSSR count). The van der Waals surface area contributed by atoms with Crippen LogP contribution in [0.4, 0.5) is 5.69 Å². The summed E-state index contributed by atoms with van der Waals surface area (Å²) in [4.78, 5) is 32.9. The van der Waals surface area contributed by atoms with Gasteiger partial charge < -0.3 is 20.1 Å². The number of ether oxygens (including phenoxy) is 2. The molecule has 2 fully saturated rings. The summed E-state index contributed by atoms with van der Waals surface area (Å²) in [5.41, 5.74) is 11.0. The number of benzene rings is 1. The molecule has 9 nitrogen and oxygen atoms in total. The third-order valence-electron chi connectivity index (χ3n) is 6.85. The Bertz CT molecular complexity index is 1090. The van der Waals surface area contributed by atoms with Gasteiger partial charge in [-0.3, -0.25) is 15.0 Å². The molecule has 0 saturated carbocycles. The van der Waals surface area contributed by atoms with Crippen molar-refractivity contribution in [1.29, 1.82) is 0 Å². The third-order valence-corrected chi connectivity index (χ3v) is 6.85. The number of hydrogen-bond acceptors (Lipinski definition) is 8. The number of pyridine rings is 1. The highest BCUT2D eigenvalue weighted by Crippen LogP contribution is 2.32. The molecule has 0 aliphatic carbocycles. The standard InChI is InChI=1S/C24H29N5O4/c1-14-17(3-4-18-19(14)13-33-24(18)31)20-11-28(12-21(25)27-20)9-15-7-23(30)29(10-15)16-5-6-26-22(8-16)32-2/h3-6,8,15,20-21,27H,7,9-13,25H2,1-2H3/t15?,20-,21+/m0/s1. The number of carbonyl (C=O) groups is 2. The van der Waals surface area contributed by atoms with E-state index in [1.165, 1.54) is 0 Å². The highest BCUT2D eigenvalue weighted by Gasteiger charge is 2.35. The van der Waals surface area contributed by atoms with E-state index in [0.717, 1.165) is 42.0 Å². The Kier molecular flexibility index (Phi) is 5.77. The van der Waals surface area contributed by atoms with Gasteiger partial charge in [-0.25, -0.2) is 9.78 Å². The largest absolute Gasteiger partial charge is 0.481 e. The molecule has 1 aromatic heterocycles. The number of nitrogens with two attached hydrogens (primary N) is 1. The number of methoxy groups -OCH3 is 1. The van der Waals surface area contributed by atoms with Gasteiger partial charge in [0.25, 0.3) is 0 Å². The molecule has 2 saturated heterocycles. The van der Waals surface area contributed by atoms with Crippen molar-refractivity contribution in [3.05, 3.63) is 52.7 Å². The van der Waals surface area contributed by atoms with E-state index in [0.29, 0.717) is 31.0 Å². The average Bonchev–Trinajstić information content (AvgIpc) is 3.36. The number of rotatable bonds is 5. The summed E-state index contributed by atoms with van der Waals surface area (Å²) in [6.07, 6.45) is 1.99. The number of carbonyl (C=O) groups excluding carboxylic acids is 2. The highest BCUT2D eigenvalue weighted by molar-refractivity contribution is 5.96. The Hall–Kier alpha value is -3.01. The van der Waals surface area contributed by atoms with E-state index in [4.69, 9.17) is 15.2 Å². The highest BCUT2D eigenvalue weighted by atomic mass is 16.5. The molecule has 0 bridgehead atoms. The van der Waals surface area contributed by atoms with Gasteiger partial charge >= 0.3 is 5.97 Å². The molecule has 0 radical (unpaired) electrons. The summed E-state index contributed by atoms with van der Waals surface area (Å²) in [7, 11) is 1.57. The predicted octanol–water partition coefficient (Wildman–Crippen LogP) is 1.35. The van der Waals surface area contributed by atoms with Crippen LogP contribution in [-0.4, -0.2) is 61.2 Å². The average molecular weight is 452 g/mol. The fraction of sp³-hybridized carbons (Fsp3) is 0.458. The Morgan fingerprint density at radius 1 is 1.24 bits per heavy atom. The Morgan fingerprint density at radius 3 is 2.91 bits per heavy atom. The summed E-state index contributed by atoms with van der Waals surface area (Å²) >= 11 is 0. The number of nitrogens with zero attached hydrogens (tertiary/aromatic N) is 3. The second kappa shape index (κ2) is 8.74.